The second-order valence-corrected chi connectivity index (χ2v) is 6.51. The molecule has 1 fully saturated rings. The molecule has 2 heterocycles. The molecule has 1 aliphatic rings. The van der Waals surface area contributed by atoms with Gasteiger partial charge in [-0.3, -0.25) is 4.90 Å². The third-order valence-electron chi connectivity index (χ3n) is 4.89. The van der Waals surface area contributed by atoms with Gasteiger partial charge in [0.2, 0.25) is 0 Å². The Morgan fingerprint density at radius 1 is 0.880 bits per heavy atom. The minimum atomic E-state index is 0. The van der Waals surface area contributed by atoms with E-state index in [0.717, 1.165) is 18.6 Å². The lowest BCUT2D eigenvalue weighted by atomic mass is 10.1. The van der Waals surface area contributed by atoms with Crippen LogP contribution >= 0.6 is 24.8 Å². The van der Waals surface area contributed by atoms with Gasteiger partial charge >= 0.3 is 0 Å². The van der Waals surface area contributed by atoms with Crippen LogP contribution in [0.4, 0.5) is 0 Å². The summed E-state index contributed by atoms with van der Waals surface area (Å²) < 4.78 is 2.40. The number of hydrogen-bond donors (Lipinski definition) is 0. The van der Waals surface area contributed by atoms with Crippen molar-refractivity contribution in [3.05, 3.63) is 65.5 Å². The van der Waals surface area contributed by atoms with Gasteiger partial charge in [0.05, 0.1) is 17.6 Å². The number of aromatic nitrogens is 2. The molecule has 1 aliphatic heterocycles. The third-order valence-corrected chi connectivity index (χ3v) is 4.89. The van der Waals surface area contributed by atoms with Crippen molar-refractivity contribution in [2.24, 2.45) is 0 Å². The smallest absolute Gasteiger partial charge is 0.124 e. The lowest BCUT2D eigenvalue weighted by Crippen LogP contribution is -2.21. The van der Waals surface area contributed by atoms with E-state index < -0.39 is 0 Å². The van der Waals surface area contributed by atoms with E-state index in [1.807, 2.05) is 0 Å². The van der Waals surface area contributed by atoms with Crippen LogP contribution in [0.25, 0.3) is 11.0 Å². The van der Waals surface area contributed by atoms with E-state index in [2.05, 4.69) is 64.9 Å². The zero-order valence-corrected chi connectivity index (χ0v) is 16.2. The second-order valence-electron chi connectivity index (χ2n) is 6.51. The number of aryl methyl sites for hydroxylation is 1. The van der Waals surface area contributed by atoms with Crippen LogP contribution in [0.2, 0.25) is 0 Å². The van der Waals surface area contributed by atoms with Crippen LogP contribution in [0, 0.1) is 6.92 Å². The standard InChI is InChI=1S/C20H23N3.2ClH/c1-16-8-2-3-9-17(16)14-23-19-11-5-4-10-18(19)21-20(23)15-22-12-6-7-13-22;;/h2-5,8-11H,6-7,12-15H2,1H3;2*1H. The fraction of sp³-hybridized carbons (Fsp3) is 0.350. The van der Waals surface area contributed by atoms with Gasteiger partial charge in [0.25, 0.3) is 0 Å². The summed E-state index contributed by atoms with van der Waals surface area (Å²) in [5, 5.41) is 0. The molecule has 5 heteroatoms. The number of para-hydroxylation sites is 2. The molecule has 0 unspecified atom stereocenters. The largest absolute Gasteiger partial charge is 0.322 e. The number of rotatable bonds is 4. The molecule has 3 nitrogen and oxygen atoms in total. The summed E-state index contributed by atoms with van der Waals surface area (Å²) in [5.74, 6) is 1.19. The van der Waals surface area contributed by atoms with Crippen molar-refractivity contribution < 1.29 is 0 Å². The van der Waals surface area contributed by atoms with Crippen LogP contribution in [0.5, 0.6) is 0 Å². The van der Waals surface area contributed by atoms with Crippen molar-refractivity contribution in [1.29, 1.82) is 0 Å². The van der Waals surface area contributed by atoms with Crippen molar-refractivity contribution in [3.8, 4) is 0 Å². The number of hydrogen-bond acceptors (Lipinski definition) is 2. The van der Waals surface area contributed by atoms with E-state index in [-0.39, 0.29) is 24.8 Å². The van der Waals surface area contributed by atoms with E-state index >= 15 is 0 Å². The molecule has 4 rings (SSSR count). The molecule has 134 valence electrons. The number of fused-ring (bicyclic) bond motifs is 1. The highest BCUT2D eigenvalue weighted by Crippen LogP contribution is 2.21. The maximum absolute atomic E-state index is 4.92. The van der Waals surface area contributed by atoms with Crippen LogP contribution in [0.3, 0.4) is 0 Å². The fourth-order valence-corrected chi connectivity index (χ4v) is 3.52. The molecular formula is C20H25Cl2N3. The Hall–Kier alpha value is -1.55. The summed E-state index contributed by atoms with van der Waals surface area (Å²) in [4.78, 5) is 7.45. The molecule has 1 aromatic heterocycles. The predicted molar refractivity (Wildman–Crippen MR) is 109 cm³/mol. The van der Waals surface area contributed by atoms with E-state index in [9.17, 15) is 0 Å². The number of halogens is 2. The van der Waals surface area contributed by atoms with E-state index in [0.29, 0.717) is 0 Å². The SMILES string of the molecule is Cc1ccccc1Cn1c(CN2CCCC2)nc2ccccc21.Cl.Cl. The first kappa shape index (κ1) is 19.8. The van der Waals surface area contributed by atoms with Crippen LogP contribution in [-0.4, -0.2) is 27.5 Å². The monoisotopic (exact) mass is 377 g/mol. The summed E-state index contributed by atoms with van der Waals surface area (Å²) in [6.45, 7) is 6.45. The van der Waals surface area contributed by atoms with Gasteiger partial charge in [0.1, 0.15) is 5.82 Å². The van der Waals surface area contributed by atoms with Gasteiger partial charge in [-0.2, -0.15) is 0 Å². The van der Waals surface area contributed by atoms with Crippen molar-refractivity contribution in [3.63, 3.8) is 0 Å². The number of imidazole rings is 1. The Balaban J connectivity index is 0.00000113. The number of nitrogens with zero attached hydrogens (tertiary/aromatic N) is 3. The van der Waals surface area contributed by atoms with Gasteiger partial charge < -0.3 is 4.57 Å². The quantitative estimate of drug-likeness (QED) is 0.648. The molecule has 0 atom stereocenters. The molecule has 3 aromatic rings. The van der Waals surface area contributed by atoms with Crippen LogP contribution in [-0.2, 0) is 13.1 Å². The average molecular weight is 378 g/mol. The normalized spacial score (nSPS) is 14.3. The molecule has 1 saturated heterocycles. The third kappa shape index (κ3) is 4.17. The lowest BCUT2D eigenvalue weighted by Gasteiger charge is -2.16. The van der Waals surface area contributed by atoms with Gasteiger partial charge in [0.15, 0.2) is 0 Å². The van der Waals surface area contributed by atoms with Crippen molar-refractivity contribution >= 4 is 35.8 Å². The Morgan fingerprint density at radius 3 is 2.32 bits per heavy atom. The average Bonchev–Trinajstić information content (AvgIpc) is 3.19. The van der Waals surface area contributed by atoms with E-state index in [4.69, 9.17) is 4.98 Å². The van der Waals surface area contributed by atoms with Gasteiger partial charge in [-0.1, -0.05) is 36.4 Å². The van der Waals surface area contributed by atoms with Crippen LogP contribution in [0.15, 0.2) is 48.5 Å². The molecular weight excluding hydrogens is 353 g/mol. The summed E-state index contributed by atoms with van der Waals surface area (Å²) in [6.07, 6.45) is 2.63. The zero-order chi connectivity index (χ0) is 15.6. The molecule has 0 radical (unpaired) electrons. The molecule has 0 amide bonds. The predicted octanol–water partition coefficient (Wildman–Crippen LogP) is 4.83. The number of likely N-dealkylation sites (tertiary alicyclic amines) is 1. The Morgan fingerprint density at radius 2 is 1.56 bits per heavy atom. The highest BCUT2D eigenvalue weighted by molar-refractivity contribution is 5.85. The Labute approximate surface area is 161 Å². The summed E-state index contributed by atoms with van der Waals surface area (Å²) in [7, 11) is 0. The lowest BCUT2D eigenvalue weighted by molar-refractivity contribution is 0.318. The Kier molecular flexibility index (Phi) is 6.88. The maximum Gasteiger partial charge on any atom is 0.124 e. The van der Waals surface area contributed by atoms with Gasteiger partial charge in [-0.25, -0.2) is 4.98 Å². The van der Waals surface area contributed by atoms with Crippen LogP contribution in [0.1, 0.15) is 29.8 Å². The first-order chi connectivity index (χ1) is 11.3. The molecule has 0 N–H and O–H groups in total. The van der Waals surface area contributed by atoms with Gasteiger partial charge in [-0.15, -0.1) is 24.8 Å². The minimum absolute atomic E-state index is 0. The highest BCUT2D eigenvalue weighted by Gasteiger charge is 2.17. The summed E-state index contributed by atoms with van der Waals surface area (Å²) in [5.41, 5.74) is 5.07. The van der Waals surface area contributed by atoms with E-state index in [1.165, 1.54) is 48.4 Å². The van der Waals surface area contributed by atoms with E-state index in [1.54, 1.807) is 0 Å². The van der Waals surface area contributed by atoms with Gasteiger partial charge in [-0.05, 0) is 56.1 Å². The van der Waals surface area contributed by atoms with Crippen LogP contribution < -0.4 is 0 Å². The molecule has 25 heavy (non-hydrogen) atoms. The molecule has 0 spiro atoms. The highest BCUT2D eigenvalue weighted by atomic mass is 35.5. The first-order valence-corrected chi connectivity index (χ1v) is 8.52. The summed E-state index contributed by atoms with van der Waals surface area (Å²) >= 11 is 0. The summed E-state index contributed by atoms with van der Waals surface area (Å²) in [6, 6.07) is 17.1. The van der Waals surface area contributed by atoms with Crippen molar-refractivity contribution in [1.82, 2.24) is 14.5 Å². The maximum atomic E-state index is 4.92. The topological polar surface area (TPSA) is 21.1 Å². The van der Waals surface area contributed by atoms with Crippen molar-refractivity contribution in [2.45, 2.75) is 32.9 Å². The second kappa shape index (κ2) is 8.70. The number of benzene rings is 2. The molecule has 0 saturated carbocycles. The zero-order valence-electron chi connectivity index (χ0n) is 14.5. The van der Waals surface area contributed by atoms with Gasteiger partial charge in [0, 0.05) is 6.54 Å². The minimum Gasteiger partial charge on any atom is -0.322 e. The fourth-order valence-electron chi connectivity index (χ4n) is 3.52. The molecule has 0 aliphatic carbocycles. The molecule has 0 bridgehead atoms. The molecule has 2 aromatic carbocycles. The van der Waals surface area contributed by atoms with Crippen molar-refractivity contribution in [2.75, 3.05) is 13.1 Å². The Bertz CT molecular complexity index is 823. The first-order valence-electron chi connectivity index (χ1n) is 8.52.